The van der Waals surface area contributed by atoms with Crippen LogP contribution in [0.3, 0.4) is 0 Å². The Kier molecular flexibility index (Phi) is 6.45. The summed E-state index contributed by atoms with van der Waals surface area (Å²) in [6.45, 7) is 13.0. The van der Waals surface area contributed by atoms with Crippen LogP contribution in [0.2, 0.25) is 0 Å². The van der Waals surface area contributed by atoms with Gasteiger partial charge in [-0.3, -0.25) is 14.5 Å². The predicted octanol–water partition coefficient (Wildman–Crippen LogP) is 3.21. The van der Waals surface area contributed by atoms with Gasteiger partial charge in [0.15, 0.2) is 0 Å². The van der Waals surface area contributed by atoms with Crippen LogP contribution >= 0.6 is 0 Å². The number of amides is 2. The molecule has 1 aromatic rings. The Hall–Kier alpha value is -1.88. The van der Waals surface area contributed by atoms with Gasteiger partial charge in [-0.05, 0) is 84.8 Å². The van der Waals surface area contributed by atoms with Crippen LogP contribution in [0.5, 0.6) is 0 Å². The Balaban J connectivity index is 1.92. The van der Waals surface area contributed by atoms with Gasteiger partial charge in [-0.1, -0.05) is 6.42 Å². The number of nitrogens with zero attached hydrogens (tertiary/aromatic N) is 1. The molecule has 2 amide bonds. The molecule has 2 N–H and O–H groups in total. The van der Waals surface area contributed by atoms with Crippen molar-refractivity contribution < 1.29 is 9.59 Å². The van der Waals surface area contributed by atoms with Crippen molar-refractivity contribution >= 4 is 11.8 Å². The van der Waals surface area contributed by atoms with Gasteiger partial charge >= 0.3 is 0 Å². The second-order valence-electron chi connectivity index (χ2n) is 8.82. The van der Waals surface area contributed by atoms with Crippen molar-refractivity contribution in [1.82, 2.24) is 15.5 Å². The highest BCUT2D eigenvalue weighted by molar-refractivity contribution is 5.98. The van der Waals surface area contributed by atoms with E-state index in [1.54, 1.807) is 24.3 Å². The molecule has 0 saturated carbocycles. The van der Waals surface area contributed by atoms with Gasteiger partial charge in [-0.25, -0.2) is 0 Å². The van der Waals surface area contributed by atoms with Gasteiger partial charge < -0.3 is 10.6 Å². The molecule has 1 saturated heterocycles. The molecule has 0 aliphatic carbocycles. The Morgan fingerprint density at radius 2 is 1.38 bits per heavy atom. The summed E-state index contributed by atoms with van der Waals surface area (Å²) in [6, 6.07) is 6.82. The van der Waals surface area contributed by atoms with E-state index in [-0.39, 0.29) is 22.9 Å². The van der Waals surface area contributed by atoms with Crippen LogP contribution < -0.4 is 10.6 Å². The lowest BCUT2D eigenvalue weighted by Gasteiger charge is -2.41. The highest BCUT2D eigenvalue weighted by atomic mass is 16.2. The lowest BCUT2D eigenvalue weighted by molar-refractivity contribution is 0.0797. The topological polar surface area (TPSA) is 61.4 Å². The molecule has 1 aromatic carbocycles. The standard InChI is InChI=1S/C21H33N3O2/c1-20(2,3)23-19(26)17-11-9-16(10-12-17)18(25)22-15-21(4,5)24-13-7-6-8-14-24/h9-12H,6-8,13-15H2,1-5H3,(H,22,25)(H,23,26). The first-order valence-corrected chi connectivity index (χ1v) is 9.54. The van der Waals surface area contributed by atoms with Crippen LogP contribution in [0.4, 0.5) is 0 Å². The van der Waals surface area contributed by atoms with E-state index in [0.29, 0.717) is 17.7 Å². The number of piperidine rings is 1. The zero-order chi connectivity index (χ0) is 19.4. The smallest absolute Gasteiger partial charge is 0.251 e. The highest BCUT2D eigenvalue weighted by Gasteiger charge is 2.28. The molecule has 1 heterocycles. The lowest BCUT2D eigenvalue weighted by Crippen LogP contribution is -2.53. The molecule has 0 bridgehead atoms. The molecule has 0 aromatic heterocycles. The molecule has 26 heavy (non-hydrogen) atoms. The minimum Gasteiger partial charge on any atom is -0.350 e. The molecule has 1 aliphatic heterocycles. The van der Waals surface area contributed by atoms with E-state index in [4.69, 9.17) is 0 Å². The summed E-state index contributed by atoms with van der Waals surface area (Å²) in [5.41, 5.74) is 0.798. The Bertz CT molecular complexity index is 624. The van der Waals surface area contributed by atoms with E-state index in [1.165, 1.54) is 19.3 Å². The summed E-state index contributed by atoms with van der Waals surface area (Å²) in [5.74, 6) is -0.228. The third-order valence-electron chi connectivity index (χ3n) is 4.79. The number of carbonyl (C=O) groups excluding carboxylic acids is 2. The van der Waals surface area contributed by atoms with Crippen molar-refractivity contribution in [2.45, 2.75) is 65.0 Å². The van der Waals surface area contributed by atoms with E-state index in [0.717, 1.165) is 13.1 Å². The maximum Gasteiger partial charge on any atom is 0.251 e. The van der Waals surface area contributed by atoms with Crippen molar-refractivity contribution in [3.05, 3.63) is 35.4 Å². The Morgan fingerprint density at radius 3 is 1.88 bits per heavy atom. The maximum atomic E-state index is 12.5. The maximum absolute atomic E-state index is 12.5. The normalized spacial score (nSPS) is 16.2. The molecule has 1 aliphatic rings. The molecule has 0 unspecified atom stereocenters. The van der Waals surface area contributed by atoms with Crippen LogP contribution in [0.15, 0.2) is 24.3 Å². The summed E-state index contributed by atoms with van der Waals surface area (Å²) in [5, 5.41) is 5.96. The number of likely N-dealkylation sites (tertiary alicyclic amines) is 1. The van der Waals surface area contributed by atoms with Crippen LogP contribution in [-0.2, 0) is 0 Å². The van der Waals surface area contributed by atoms with Gasteiger partial charge in [-0.2, -0.15) is 0 Å². The van der Waals surface area contributed by atoms with Gasteiger partial charge in [0.1, 0.15) is 0 Å². The molecule has 2 rings (SSSR count). The van der Waals surface area contributed by atoms with E-state index < -0.39 is 0 Å². The van der Waals surface area contributed by atoms with E-state index in [2.05, 4.69) is 29.4 Å². The number of hydrogen-bond acceptors (Lipinski definition) is 3. The monoisotopic (exact) mass is 359 g/mol. The number of hydrogen-bond donors (Lipinski definition) is 2. The summed E-state index contributed by atoms with van der Waals surface area (Å²) < 4.78 is 0. The molecule has 5 nitrogen and oxygen atoms in total. The van der Waals surface area contributed by atoms with Gasteiger partial charge in [0, 0.05) is 28.7 Å². The Morgan fingerprint density at radius 1 is 0.885 bits per heavy atom. The van der Waals surface area contributed by atoms with Crippen LogP contribution in [0.25, 0.3) is 0 Å². The van der Waals surface area contributed by atoms with Crippen molar-refractivity contribution in [2.75, 3.05) is 19.6 Å². The highest BCUT2D eigenvalue weighted by Crippen LogP contribution is 2.20. The average Bonchev–Trinajstić information content (AvgIpc) is 2.59. The van der Waals surface area contributed by atoms with E-state index >= 15 is 0 Å². The molecule has 0 atom stereocenters. The molecule has 144 valence electrons. The number of benzene rings is 1. The van der Waals surface area contributed by atoms with Crippen LogP contribution in [0.1, 0.15) is 74.6 Å². The van der Waals surface area contributed by atoms with Crippen LogP contribution in [-0.4, -0.2) is 47.4 Å². The van der Waals surface area contributed by atoms with Crippen molar-refractivity contribution in [3.8, 4) is 0 Å². The van der Waals surface area contributed by atoms with E-state index in [1.807, 2.05) is 20.8 Å². The minimum absolute atomic E-state index is 0.0530. The van der Waals surface area contributed by atoms with Gasteiger partial charge in [0.05, 0.1) is 0 Å². The summed E-state index contributed by atoms with van der Waals surface area (Å²) in [4.78, 5) is 27.1. The summed E-state index contributed by atoms with van der Waals surface area (Å²) >= 11 is 0. The third kappa shape index (κ3) is 5.84. The second-order valence-corrected chi connectivity index (χ2v) is 8.82. The van der Waals surface area contributed by atoms with Gasteiger partial charge in [0.2, 0.25) is 0 Å². The number of nitrogens with one attached hydrogen (secondary N) is 2. The fourth-order valence-corrected chi connectivity index (χ4v) is 3.20. The fraction of sp³-hybridized carbons (Fsp3) is 0.619. The molecule has 1 fully saturated rings. The molecular weight excluding hydrogens is 326 g/mol. The number of carbonyl (C=O) groups is 2. The molecule has 0 radical (unpaired) electrons. The zero-order valence-corrected chi connectivity index (χ0v) is 16.8. The van der Waals surface area contributed by atoms with Crippen LogP contribution in [0, 0.1) is 0 Å². The average molecular weight is 360 g/mol. The molecule has 0 spiro atoms. The first-order chi connectivity index (χ1) is 12.1. The van der Waals surface area contributed by atoms with Crippen molar-refractivity contribution in [3.63, 3.8) is 0 Å². The lowest BCUT2D eigenvalue weighted by atomic mass is 9.98. The van der Waals surface area contributed by atoms with Gasteiger partial charge in [0.25, 0.3) is 11.8 Å². The SMILES string of the molecule is CC(C)(C)NC(=O)c1ccc(C(=O)NCC(C)(C)N2CCCCC2)cc1. The van der Waals surface area contributed by atoms with E-state index in [9.17, 15) is 9.59 Å². The summed E-state index contributed by atoms with van der Waals surface area (Å²) in [7, 11) is 0. The quantitative estimate of drug-likeness (QED) is 0.849. The third-order valence-corrected chi connectivity index (χ3v) is 4.79. The summed E-state index contributed by atoms with van der Waals surface area (Å²) in [6.07, 6.45) is 3.76. The van der Waals surface area contributed by atoms with Crippen molar-refractivity contribution in [2.24, 2.45) is 0 Å². The second kappa shape index (κ2) is 8.21. The minimum atomic E-state index is -0.285. The largest absolute Gasteiger partial charge is 0.350 e. The fourth-order valence-electron chi connectivity index (χ4n) is 3.20. The Labute approximate surface area is 157 Å². The molecule has 5 heteroatoms. The molecular formula is C21H33N3O2. The van der Waals surface area contributed by atoms with Gasteiger partial charge in [-0.15, -0.1) is 0 Å². The predicted molar refractivity (Wildman–Crippen MR) is 105 cm³/mol. The van der Waals surface area contributed by atoms with Crippen molar-refractivity contribution in [1.29, 1.82) is 0 Å². The first kappa shape index (κ1) is 20.4. The first-order valence-electron chi connectivity index (χ1n) is 9.54. The zero-order valence-electron chi connectivity index (χ0n) is 16.8. The number of rotatable bonds is 5.